The monoisotopic (exact) mass is 562 g/mol. The molecular weight excluding hydrogens is 524 g/mol. The van der Waals surface area contributed by atoms with Crippen LogP contribution >= 0.6 is 11.8 Å². The lowest BCUT2D eigenvalue weighted by molar-refractivity contribution is -0.123. The minimum absolute atomic E-state index is 0.0259. The molecule has 212 valence electrons. The van der Waals surface area contributed by atoms with E-state index in [0.29, 0.717) is 12.4 Å². The molecule has 5 rings (SSSR count). The minimum Gasteiger partial charge on any atom is -0.497 e. The molecule has 1 saturated heterocycles. The van der Waals surface area contributed by atoms with Gasteiger partial charge in [-0.1, -0.05) is 50.6 Å². The number of thioether (sulfide) groups is 1. The molecule has 2 atom stereocenters. The van der Waals surface area contributed by atoms with Gasteiger partial charge in [0.1, 0.15) is 18.1 Å². The third kappa shape index (κ3) is 5.90. The van der Waals surface area contributed by atoms with Crippen LogP contribution in [0.5, 0.6) is 5.75 Å². The highest BCUT2D eigenvalue weighted by atomic mass is 32.2. The van der Waals surface area contributed by atoms with Crippen molar-refractivity contribution in [2.24, 2.45) is 0 Å². The van der Waals surface area contributed by atoms with Gasteiger partial charge in [-0.05, 0) is 49.6 Å². The third-order valence-electron chi connectivity index (χ3n) is 7.31. The van der Waals surface area contributed by atoms with E-state index < -0.39 is 0 Å². The predicted octanol–water partition coefficient (Wildman–Crippen LogP) is 4.95. The molecular formula is C31H38N4O4S. The lowest BCUT2D eigenvalue weighted by Gasteiger charge is -2.25. The second-order valence-corrected chi connectivity index (χ2v) is 12.6. The summed E-state index contributed by atoms with van der Waals surface area (Å²) in [7, 11) is 1.63. The Kier molecular flexibility index (Phi) is 8.24. The third-order valence-corrected chi connectivity index (χ3v) is 8.57. The molecule has 0 saturated carbocycles. The number of nitrogens with one attached hydrogen (secondary N) is 1. The first kappa shape index (κ1) is 28.2. The molecule has 3 aromatic rings. The van der Waals surface area contributed by atoms with E-state index in [9.17, 15) is 9.59 Å². The number of ether oxygens (including phenoxy) is 2. The first-order valence-electron chi connectivity index (χ1n) is 13.8. The van der Waals surface area contributed by atoms with Crippen LogP contribution in [-0.4, -0.2) is 60.3 Å². The Morgan fingerprint density at radius 2 is 1.98 bits per heavy atom. The van der Waals surface area contributed by atoms with Crippen LogP contribution in [0.4, 0.5) is 5.82 Å². The molecule has 8 nitrogen and oxygen atoms in total. The van der Waals surface area contributed by atoms with Crippen molar-refractivity contribution in [3.63, 3.8) is 0 Å². The first-order valence-corrected chi connectivity index (χ1v) is 14.8. The number of aryl methyl sites for hydroxylation is 1. The first-order chi connectivity index (χ1) is 19.2. The molecule has 1 aromatic heterocycles. The minimum atomic E-state index is -0.314. The number of amides is 2. The summed E-state index contributed by atoms with van der Waals surface area (Å²) in [5, 5.41) is 8.02. The van der Waals surface area contributed by atoms with Crippen molar-refractivity contribution in [1.82, 2.24) is 15.1 Å². The van der Waals surface area contributed by atoms with Crippen LogP contribution in [0.15, 0.2) is 48.5 Å². The summed E-state index contributed by atoms with van der Waals surface area (Å²) in [5.41, 5.74) is 4.61. The van der Waals surface area contributed by atoms with Gasteiger partial charge in [-0.25, -0.2) is 4.68 Å². The second kappa shape index (κ2) is 11.7. The molecule has 2 aliphatic heterocycles. The van der Waals surface area contributed by atoms with Crippen molar-refractivity contribution < 1.29 is 19.1 Å². The lowest BCUT2D eigenvalue weighted by Crippen LogP contribution is -2.44. The van der Waals surface area contributed by atoms with E-state index in [-0.39, 0.29) is 40.9 Å². The molecule has 0 aliphatic carbocycles. The van der Waals surface area contributed by atoms with Crippen LogP contribution in [0.2, 0.25) is 0 Å². The van der Waals surface area contributed by atoms with Crippen molar-refractivity contribution in [3.8, 4) is 11.4 Å². The molecule has 9 heteroatoms. The summed E-state index contributed by atoms with van der Waals surface area (Å²) in [5.74, 6) is 1.28. The van der Waals surface area contributed by atoms with Crippen LogP contribution in [0, 0.1) is 6.92 Å². The van der Waals surface area contributed by atoms with E-state index in [1.165, 1.54) is 0 Å². The Hall–Kier alpha value is -3.30. The van der Waals surface area contributed by atoms with Crippen molar-refractivity contribution in [2.75, 3.05) is 37.5 Å². The number of fused-ring (bicyclic) bond motifs is 1. The molecule has 0 unspecified atom stereocenters. The van der Waals surface area contributed by atoms with Gasteiger partial charge in [-0.15, -0.1) is 11.8 Å². The molecule has 40 heavy (non-hydrogen) atoms. The van der Waals surface area contributed by atoms with E-state index >= 15 is 0 Å². The Labute approximate surface area is 240 Å². The number of benzene rings is 2. The molecule has 0 radical (unpaired) electrons. The molecule has 2 aromatic carbocycles. The van der Waals surface area contributed by atoms with Gasteiger partial charge in [0.05, 0.1) is 35.6 Å². The highest BCUT2D eigenvalue weighted by Gasteiger charge is 2.40. The van der Waals surface area contributed by atoms with Gasteiger partial charge in [0.2, 0.25) is 11.8 Å². The van der Waals surface area contributed by atoms with Crippen molar-refractivity contribution in [1.29, 1.82) is 0 Å². The lowest BCUT2D eigenvalue weighted by atomic mass is 9.87. The zero-order valence-electron chi connectivity index (χ0n) is 23.9. The van der Waals surface area contributed by atoms with E-state index in [1.54, 1.807) is 23.8 Å². The number of hydrogen-bond donors (Lipinski definition) is 1. The standard InChI is InChI=1S/C31H38N4O4S/c1-20-8-6-9-21(16-20)28-27-29(31(2,3)4)33-35(22-11-13-23(38-5)14-12-22)30(27)34(26(37)19-40-28)18-25(36)32-17-24-10-7-15-39-24/h6,8-9,11-14,16,24,28H,7,10,15,17-19H2,1-5H3,(H,32,36)/t24-,28+/m0/s1. The summed E-state index contributed by atoms with van der Waals surface area (Å²) in [4.78, 5) is 28.7. The quantitative estimate of drug-likeness (QED) is 0.439. The SMILES string of the molecule is COc1ccc(-n2nc(C(C)(C)C)c3c2N(CC(=O)NC[C@@H]2CCCO2)C(=O)CS[C@@H]3c2cccc(C)c2)cc1. The number of hydrogen-bond acceptors (Lipinski definition) is 6. The summed E-state index contributed by atoms with van der Waals surface area (Å²) >= 11 is 1.59. The van der Waals surface area contributed by atoms with Gasteiger partial charge >= 0.3 is 0 Å². The summed E-state index contributed by atoms with van der Waals surface area (Å²) in [6.45, 7) is 9.56. The van der Waals surface area contributed by atoms with Gasteiger partial charge < -0.3 is 14.8 Å². The Morgan fingerprint density at radius 1 is 1.20 bits per heavy atom. The number of methoxy groups -OCH3 is 1. The maximum Gasteiger partial charge on any atom is 0.240 e. The van der Waals surface area contributed by atoms with E-state index in [2.05, 4.69) is 57.3 Å². The zero-order valence-corrected chi connectivity index (χ0v) is 24.7. The zero-order chi connectivity index (χ0) is 28.4. The largest absolute Gasteiger partial charge is 0.497 e. The molecule has 3 heterocycles. The van der Waals surface area contributed by atoms with Crippen molar-refractivity contribution in [3.05, 3.63) is 70.9 Å². The normalized spacial score (nSPS) is 19.3. The topological polar surface area (TPSA) is 85.7 Å². The molecule has 0 spiro atoms. The van der Waals surface area contributed by atoms with Crippen LogP contribution in [0.25, 0.3) is 5.69 Å². The van der Waals surface area contributed by atoms with Gasteiger partial charge in [-0.3, -0.25) is 14.5 Å². The number of aromatic nitrogens is 2. The maximum atomic E-state index is 13.8. The Bertz CT molecular complexity index is 1370. The highest BCUT2D eigenvalue weighted by Crippen LogP contribution is 2.48. The average molecular weight is 563 g/mol. The van der Waals surface area contributed by atoms with Crippen molar-refractivity contribution in [2.45, 2.75) is 57.3 Å². The molecule has 1 N–H and O–H groups in total. The van der Waals surface area contributed by atoms with Crippen molar-refractivity contribution >= 4 is 29.4 Å². The smallest absolute Gasteiger partial charge is 0.240 e. The molecule has 2 aliphatic rings. The van der Waals surface area contributed by atoms with Crippen LogP contribution in [0.3, 0.4) is 0 Å². The van der Waals surface area contributed by atoms with Crippen LogP contribution in [-0.2, 0) is 19.7 Å². The highest BCUT2D eigenvalue weighted by molar-refractivity contribution is 8.00. The average Bonchev–Trinajstić information content (AvgIpc) is 3.56. The van der Waals surface area contributed by atoms with Crippen LogP contribution in [0.1, 0.15) is 61.2 Å². The van der Waals surface area contributed by atoms with Gasteiger partial charge in [0.15, 0.2) is 0 Å². The number of nitrogens with zero attached hydrogens (tertiary/aromatic N) is 3. The molecule has 1 fully saturated rings. The van der Waals surface area contributed by atoms with Gasteiger partial charge in [-0.2, -0.15) is 5.10 Å². The summed E-state index contributed by atoms with van der Waals surface area (Å²) in [6.07, 6.45) is 1.96. The van der Waals surface area contributed by atoms with E-state index in [4.69, 9.17) is 14.6 Å². The summed E-state index contributed by atoms with van der Waals surface area (Å²) in [6, 6.07) is 16.0. The van der Waals surface area contributed by atoms with E-state index in [1.807, 2.05) is 28.9 Å². The number of carbonyl (C=O) groups is 2. The fourth-order valence-corrected chi connectivity index (χ4v) is 6.49. The van der Waals surface area contributed by atoms with Gasteiger partial charge in [0.25, 0.3) is 0 Å². The number of carbonyl (C=O) groups excluding carboxylic acids is 2. The molecule has 2 amide bonds. The molecule has 0 bridgehead atoms. The predicted molar refractivity (Wildman–Crippen MR) is 159 cm³/mol. The second-order valence-electron chi connectivity index (χ2n) is 11.5. The summed E-state index contributed by atoms with van der Waals surface area (Å²) < 4.78 is 12.9. The van der Waals surface area contributed by atoms with Crippen LogP contribution < -0.4 is 15.0 Å². The number of anilines is 1. The number of rotatable bonds is 7. The van der Waals surface area contributed by atoms with Gasteiger partial charge in [0, 0.05) is 24.1 Å². The Balaban J connectivity index is 1.65. The Morgan fingerprint density at radius 3 is 2.62 bits per heavy atom. The fraction of sp³-hybridized carbons (Fsp3) is 0.452. The fourth-order valence-electron chi connectivity index (χ4n) is 5.31. The maximum absolute atomic E-state index is 13.8. The van der Waals surface area contributed by atoms with E-state index in [0.717, 1.165) is 53.3 Å².